The van der Waals surface area contributed by atoms with Crippen LogP contribution >= 0.6 is 11.3 Å². The van der Waals surface area contributed by atoms with Crippen molar-refractivity contribution in [1.82, 2.24) is 14.9 Å². The maximum absolute atomic E-state index is 13.1. The van der Waals surface area contributed by atoms with Crippen LogP contribution < -0.4 is 14.8 Å². The highest BCUT2D eigenvalue weighted by Gasteiger charge is 2.27. The van der Waals surface area contributed by atoms with Gasteiger partial charge in [0.1, 0.15) is 17.2 Å². The normalized spacial score (nSPS) is 12.8. The maximum Gasteiger partial charge on any atom is 0.276 e. The molecule has 9 heteroatoms. The van der Waals surface area contributed by atoms with Crippen molar-refractivity contribution in [2.24, 2.45) is 0 Å². The Morgan fingerprint density at radius 1 is 1.17 bits per heavy atom. The van der Waals surface area contributed by atoms with Crippen LogP contribution in [0.4, 0.5) is 5.13 Å². The van der Waals surface area contributed by atoms with E-state index in [0.717, 1.165) is 10.6 Å². The minimum atomic E-state index is -0.308. The monoisotopic (exact) mass is 424 g/mol. The number of carbonyl (C=O) groups is 2. The molecule has 0 radical (unpaired) electrons. The largest absolute Gasteiger partial charge is 0.497 e. The predicted octanol–water partition coefficient (Wildman–Crippen LogP) is 3.01. The molecule has 0 unspecified atom stereocenters. The van der Waals surface area contributed by atoms with Gasteiger partial charge in [-0.05, 0) is 24.3 Å². The number of carbonyl (C=O) groups excluding carboxylic acids is 2. The summed E-state index contributed by atoms with van der Waals surface area (Å²) in [4.78, 5) is 36.7. The fourth-order valence-corrected chi connectivity index (χ4v) is 4.24. The van der Waals surface area contributed by atoms with Crippen molar-refractivity contribution in [2.45, 2.75) is 13.0 Å². The lowest BCUT2D eigenvalue weighted by Gasteiger charge is -2.26. The molecule has 1 aromatic carbocycles. The average Bonchev–Trinajstić information content (AvgIpc) is 3.20. The van der Waals surface area contributed by atoms with Crippen LogP contribution in [0.1, 0.15) is 31.4 Å². The molecule has 154 valence electrons. The van der Waals surface area contributed by atoms with Crippen LogP contribution in [0.25, 0.3) is 0 Å². The zero-order chi connectivity index (χ0) is 21.1. The molecule has 0 aliphatic carbocycles. The smallest absolute Gasteiger partial charge is 0.276 e. The molecule has 30 heavy (non-hydrogen) atoms. The van der Waals surface area contributed by atoms with Gasteiger partial charge in [0.25, 0.3) is 11.8 Å². The van der Waals surface area contributed by atoms with Gasteiger partial charge in [-0.25, -0.2) is 4.98 Å². The number of ether oxygens (including phenoxy) is 2. The summed E-state index contributed by atoms with van der Waals surface area (Å²) in [5.41, 5.74) is 1.71. The van der Waals surface area contributed by atoms with Crippen LogP contribution in [0, 0.1) is 0 Å². The third kappa shape index (κ3) is 3.97. The summed E-state index contributed by atoms with van der Waals surface area (Å²) in [6, 6.07) is 10.3. The fraction of sp³-hybridized carbons (Fsp3) is 0.238. The van der Waals surface area contributed by atoms with Crippen LogP contribution in [0.5, 0.6) is 11.5 Å². The number of rotatable bonds is 5. The molecule has 0 saturated carbocycles. The van der Waals surface area contributed by atoms with E-state index in [4.69, 9.17) is 9.47 Å². The molecule has 2 aromatic heterocycles. The summed E-state index contributed by atoms with van der Waals surface area (Å²) >= 11 is 1.37. The molecular formula is C21H20N4O4S. The van der Waals surface area contributed by atoms with Crippen molar-refractivity contribution >= 4 is 28.3 Å². The van der Waals surface area contributed by atoms with Crippen LogP contribution in [0.2, 0.25) is 0 Å². The van der Waals surface area contributed by atoms with Gasteiger partial charge in [0.05, 0.1) is 32.0 Å². The standard InChI is InChI=1S/C21H20N4O4S/c1-28-13-6-7-14(17(11-13)29-2)20(27)25-10-8-15-18(12-25)30-21(23-15)24-19(26)16-5-3-4-9-22-16/h3-7,9,11H,8,10,12H2,1-2H3,(H,23,24,26). The number of hydrogen-bond acceptors (Lipinski definition) is 7. The molecule has 0 bridgehead atoms. The summed E-state index contributed by atoms with van der Waals surface area (Å²) in [6.45, 7) is 0.971. The Bertz CT molecular complexity index is 1080. The van der Waals surface area contributed by atoms with Crippen LogP contribution in [0.3, 0.4) is 0 Å². The minimum absolute atomic E-state index is 0.118. The van der Waals surface area contributed by atoms with Gasteiger partial charge in [-0.2, -0.15) is 0 Å². The van der Waals surface area contributed by atoms with Crippen molar-refractivity contribution in [3.05, 3.63) is 64.4 Å². The first kappa shape index (κ1) is 19.8. The van der Waals surface area contributed by atoms with Gasteiger partial charge in [-0.3, -0.25) is 19.9 Å². The number of nitrogens with zero attached hydrogens (tertiary/aromatic N) is 3. The highest BCUT2D eigenvalue weighted by molar-refractivity contribution is 7.15. The van der Waals surface area contributed by atoms with E-state index in [9.17, 15) is 9.59 Å². The lowest BCUT2D eigenvalue weighted by molar-refractivity contribution is 0.0732. The Balaban J connectivity index is 1.49. The molecule has 0 saturated heterocycles. The summed E-state index contributed by atoms with van der Waals surface area (Å²) in [7, 11) is 3.09. The van der Waals surface area contributed by atoms with Gasteiger partial charge in [-0.1, -0.05) is 17.4 Å². The topological polar surface area (TPSA) is 93.7 Å². The molecule has 3 heterocycles. The Hall–Kier alpha value is -3.46. The van der Waals surface area contributed by atoms with E-state index in [1.54, 1.807) is 54.6 Å². The number of methoxy groups -OCH3 is 2. The number of aromatic nitrogens is 2. The van der Waals surface area contributed by atoms with Crippen molar-refractivity contribution < 1.29 is 19.1 Å². The maximum atomic E-state index is 13.1. The van der Waals surface area contributed by atoms with E-state index < -0.39 is 0 Å². The Morgan fingerprint density at radius 3 is 2.77 bits per heavy atom. The van der Waals surface area contributed by atoms with Crippen LogP contribution in [-0.4, -0.2) is 47.4 Å². The average molecular weight is 424 g/mol. The number of anilines is 1. The third-order valence-electron chi connectivity index (χ3n) is 4.78. The van der Waals surface area contributed by atoms with Gasteiger partial charge in [0.2, 0.25) is 0 Å². The molecule has 8 nitrogen and oxygen atoms in total. The minimum Gasteiger partial charge on any atom is -0.497 e. The molecule has 4 rings (SSSR count). The van der Waals surface area contributed by atoms with Gasteiger partial charge >= 0.3 is 0 Å². The zero-order valence-corrected chi connectivity index (χ0v) is 17.4. The number of amides is 2. The van der Waals surface area contributed by atoms with Crippen LogP contribution in [0.15, 0.2) is 42.6 Å². The van der Waals surface area contributed by atoms with E-state index in [1.165, 1.54) is 18.4 Å². The number of thiazole rings is 1. The molecule has 1 aliphatic heterocycles. The van der Waals surface area contributed by atoms with E-state index >= 15 is 0 Å². The van der Waals surface area contributed by atoms with Crippen molar-refractivity contribution in [3.63, 3.8) is 0 Å². The molecule has 0 spiro atoms. The second-order valence-electron chi connectivity index (χ2n) is 6.60. The van der Waals surface area contributed by atoms with Crippen molar-refractivity contribution in [2.75, 3.05) is 26.1 Å². The van der Waals surface area contributed by atoms with Crippen molar-refractivity contribution in [1.29, 1.82) is 0 Å². The number of fused-ring (bicyclic) bond motifs is 1. The lowest BCUT2D eigenvalue weighted by atomic mass is 10.1. The fourth-order valence-electron chi connectivity index (χ4n) is 3.23. The lowest BCUT2D eigenvalue weighted by Crippen LogP contribution is -2.35. The zero-order valence-electron chi connectivity index (χ0n) is 16.5. The van der Waals surface area contributed by atoms with Gasteiger partial charge < -0.3 is 14.4 Å². The molecule has 3 aromatic rings. The Morgan fingerprint density at radius 2 is 2.03 bits per heavy atom. The number of pyridine rings is 1. The number of nitrogens with one attached hydrogen (secondary N) is 1. The summed E-state index contributed by atoms with van der Waals surface area (Å²) in [6.07, 6.45) is 2.19. The van der Waals surface area contributed by atoms with E-state index in [2.05, 4.69) is 15.3 Å². The van der Waals surface area contributed by atoms with Gasteiger partial charge in [-0.15, -0.1) is 0 Å². The quantitative estimate of drug-likeness (QED) is 0.677. The molecule has 0 fully saturated rings. The van der Waals surface area contributed by atoms with E-state index in [0.29, 0.717) is 47.4 Å². The summed E-state index contributed by atoms with van der Waals surface area (Å²) in [5, 5.41) is 3.30. The first-order chi connectivity index (χ1) is 14.6. The Kier molecular flexibility index (Phi) is 5.62. The van der Waals surface area contributed by atoms with Gasteiger partial charge in [0.15, 0.2) is 5.13 Å². The van der Waals surface area contributed by atoms with E-state index in [1.807, 2.05) is 0 Å². The molecule has 2 amide bonds. The SMILES string of the molecule is COc1ccc(C(=O)N2CCc3nc(NC(=O)c4ccccn4)sc3C2)c(OC)c1. The summed E-state index contributed by atoms with van der Waals surface area (Å²) in [5.74, 6) is 0.670. The molecule has 0 atom stereocenters. The van der Waals surface area contributed by atoms with Crippen molar-refractivity contribution in [3.8, 4) is 11.5 Å². The second-order valence-corrected chi connectivity index (χ2v) is 7.68. The second kappa shape index (κ2) is 8.50. The first-order valence-corrected chi connectivity index (χ1v) is 10.1. The highest BCUT2D eigenvalue weighted by atomic mass is 32.1. The Labute approximate surface area is 177 Å². The first-order valence-electron chi connectivity index (χ1n) is 9.31. The van der Waals surface area contributed by atoms with E-state index in [-0.39, 0.29) is 11.8 Å². The number of hydrogen-bond donors (Lipinski definition) is 1. The molecule has 1 aliphatic rings. The predicted molar refractivity (Wildman–Crippen MR) is 112 cm³/mol. The summed E-state index contributed by atoms with van der Waals surface area (Å²) < 4.78 is 10.6. The van der Waals surface area contributed by atoms with Gasteiger partial charge in [0, 0.05) is 30.1 Å². The van der Waals surface area contributed by atoms with Crippen LogP contribution in [-0.2, 0) is 13.0 Å². The molecular weight excluding hydrogens is 404 g/mol. The number of benzene rings is 1. The third-order valence-corrected chi connectivity index (χ3v) is 5.77. The molecule has 1 N–H and O–H groups in total. The highest BCUT2D eigenvalue weighted by Crippen LogP contribution is 2.31.